The number of alkyl halides is 3. The van der Waals surface area contributed by atoms with E-state index >= 15 is 0 Å². The van der Waals surface area contributed by atoms with Crippen LogP contribution in [-0.2, 0) is 19.1 Å². The summed E-state index contributed by atoms with van der Waals surface area (Å²) in [6.45, 7) is 0. The number of rotatable bonds is 9. The molecule has 0 aliphatic rings. The molecule has 1 amide bonds. The topological polar surface area (TPSA) is 169 Å². The van der Waals surface area contributed by atoms with Crippen LogP contribution in [0.3, 0.4) is 0 Å². The lowest BCUT2D eigenvalue weighted by Crippen LogP contribution is -2.44. The first kappa shape index (κ1) is 26.0. The molecule has 5 N–H and O–H groups in total. The molecule has 0 heterocycles. The van der Waals surface area contributed by atoms with Gasteiger partial charge in [0.1, 0.15) is 17.8 Å². The Morgan fingerprint density at radius 1 is 1.00 bits per heavy atom. The largest absolute Gasteiger partial charge is 0.491 e. The zero-order valence-electron chi connectivity index (χ0n) is 17.2. The van der Waals surface area contributed by atoms with Crippen molar-refractivity contribution in [3.05, 3.63) is 65.7 Å². The van der Waals surface area contributed by atoms with Crippen molar-refractivity contribution in [2.75, 3.05) is 0 Å². The van der Waals surface area contributed by atoms with E-state index < -0.39 is 48.6 Å². The van der Waals surface area contributed by atoms with E-state index in [0.29, 0.717) is 5.56 Å². The van der Waals surface area contributed by atoms with Gasteiger partial charge in [0.05, 0.1) is 6.42 Å². The van der Waals surface area contributed by atoms with Gasteiger partial charge in [-0.3, -0.25) is 15.0 Å². The first-order chi connectivity index (χ1) is 15.9. The number of carbonyl (C=O) groups excluding carboxylic acids is 4. The highest BCUT2D eigenvalue weighted by molar-refractivity contribution is 6.06. The van der Waals surface area contributed by atoms with Gasteiger partial charge in [-0.15, -0.1) is 0 Å². The number of carbonyl (C=O) groups is 4. The number of benzene rings is 2. The number of amides is 1. The number of nitrogens with two attached hydrogens (primary N) is 1. The molecule has 10 nitrogen and oxygen atoms in total. The van der Waals surface area contributed by atoms with Crippen LogP contribution in [0.4, 0.5) is 13.2 Å². The summed E-state index contributed by atoms with van der Waals surface area (Å²) in [5.41, 5.74) is 5.67. The number of nitrogen functional groups attached to an aromatic ring is 1. The van der Waals surface area contributed by atoms with Crippen LogP contribution < -0.4 is 15.8 Å². The molecule has 0 fully saturated rings. The van der Waals surface area contributed by atoms with Gasteiger partial charge in [0, 0.05) is 11.1 Å². The fraction of sp³-hybridized carbons (Fsp3) is 0.190. The molecule has 34 heavy (non-hydrogen) atoms. The molecule has 0 aromatic heterocycles. The Balaban J connectivity index is 2.10. The summed E-state index contributed by atoms with van der Waals surface area (Å²) < 4.78 is 46.0. The smallest absolute Gasteiger partial charge is 0.471 e. The lowest BCUT2D eigenvalue weighted by molar-refractivity contribution is -0.203. The summed E-state index contributed by atoms with van der Waals surface area (Å²) in [6, 6.07) is 12.3. The number of Topliss-reactive ketones (excluding diaryl/α,β-unsaturated/α-hetero) is 1. The van der Waals surface area contributed by atoms with E-state index in [0.717, 1.165) is 0 Å². The Bertz CT molecular complexity index is 1070. The zero-order valence-corrected chi connectivity index (χ0v) is 17.2. The molecule has 0 aliphatic carbocycles. The van der Waals surface area contributed by atoms with Gasteiger partial charge in [-0.1, -0.05) is 30.3 Å². The lowest BCUT2D eigenvalue weighted by atomic mass is 10.1. The highest BCUT2D eigenvalue weighted by Gasteiger charge is 2.45. The van der Waals surface area contributed by atoms with Gasteiger partial charge in [0.25, 0.3) is 12.0 Å². The molecule has 180 valence electrons. The zero-order chi connectivity index (χ0) is 25.5. The van der Waals surface area contributed by atoms with Crippen molar-refractivity contribution in [1.29, 1.82) is 5.41 Å². The maximum Gasteiger partial charge on any atom is 0.491 e. The number of ether oxygens (including phenoxy) is 2. The molecule has 2 unspecified atom stereocenters. The Kier molecular flexibility index (Phi) is 8.45. The fourth-order valence-corrected chi connectivity index (χ4v) is 2.47. The lowest BCUT2D eigenvalue weighted by Gasteiger charge is -2.19. The Morgan fingerprint density at radius 3 is 2.09 bits per heavy atom. The molecule has 2 aromatic carbocycles. The number of aliphatic hydroxyl groups excluding tert-OH is 1. The molecule has 0 saturated heterocycles. The van der Waals surface area contributed by atoms with Crippen molar-refractivity contribution in [1.82, 2.24) is 5.32 Å². The Hall–Kier alpha value is -4.26. The fourth-order valence-electron chi connectivity index (χ4n) is 2.47. The highest BCUT2D eigenvalue weighted by atomic mass is 19.4. The molecule has 0 saturated carbocycles. The second kappa shape index (κ2) is 11.0. The third-order valence-electron chi connectivity index (χ3n) is 4.08. The van der Waals surface area contributed by atoms with Crippen LogP contribution >= 0.6 is 0 Å². The second-order valence-electron chi connectivity index (χ2n) is 6.67. The number of amidine groups is 1. The summed E-state index contributed by atoms with van der Waals surface area (Å²) >= 11 is 0. The number of aliphatic hydroxyl groups is 1. The molecule has 2 atom stereocenters. The molecule has 2 aromatic rings. The molecule has 0 radical (unpaired) electrons. The minimum Gasteiger partial charge on any atom is -0.471 e. The molecular formula is C21H18F3N3O7. The SMILES string of the molecule is N=C(N)c1ccc(C(=O)NC(O)CC(=O)C(Oc2ccccc2)C(=O)OC(=O)C(F)(F)F)cc1. The van der Waals surface area contributed by atoms with E-state index in [9.17, 15) is 37.5 Å². The maximum absolute atomic E-state index is 12.5. The van der Waals surface area contributed by atoms with E-state index in [1.807, 2.05) is 0 Å². The van der Waals surface area contributed by atoms with Gasteiger partial charge in [-0.05, 0) is 24.3 Å². The van der Waals surface area contributed by atoms with Crippen molar-refractivity contribution in [2.45, 2.75) is 24.9 Å². The summed E-state index contributed by atoms with van der Waals surface area (Å²) in [5.74, 6) is -7.27. The second-order valence-corrected chi connectivity index (χ2v) is 6.67. The van der Waals surface area contributed by atoms with E-state index in [2.05, 4.69) is 10.1 Å². The molecule has 0 bridgehead atoms. The average molecular weight is 481 g/mol. The van der Waals surface area contributed by atoms with Crippen LogP contribution in [0.5, 0.6) is 5.75 Å². The van der Waals surface area contributed by atoms with Crippen LogP contribution in [0.15, 0.2) is 54.6 Å². The number of halogens is 3. The van der Waals surface area contributed by atoms with Crippen molar-refractivity contribution < 1.29 is 46.9 Å². The molecular weight excluding hydrogens is 463 g/mol. The van der Waals surface area contributed by atoms with E-state index in [4.69, 9.17) is 15.9 Å². The van der Waals surface area contributed by atoms with E-state index in [1.165, 1.54) is 48.5 Å². The first-order valence-electron chi connectivity index (χ1n) is 9.39. The maximum atomic E-state index is 12.5. The van der Waals surface area contributed by atoms with Crippen molar-refractivity contribution in [2.24, 2.45) is 5.73 Å². The summed E-state index contributed by atoms with van der Waals surface area (Å²) in [7, 11) is 0. The molecule has 13 heteroatoms. The van der Waals surface area contributed by atoms with Gasteiger partial charge in [-0.2, -0.15) is 13.2 Å². The van der Waals surface area contributed by atoms with Crippen molar-refractivity contribution in [3.63, 3.8) is 0 Å². The van der Waals surface area contributed by atoms with Gasteiger partial charge in [0.2, 0.25) is 0 Å². The van der Waals surface area contributed by atoms with Crippen molar-refractivity contribution >= 4 is 29.5 Å². The average Bonchev–Trinajstić information content (AvgIpc) is 2.77. The molecule has 2 rings (SSSR count). The third kappa shape index (κ3) is 7.41. The number of esters is 2. The molecule has 0 aliphatic heterocycles. The Morgan fingerprint density at radius 2 is 1.56 bits per heavy atom. The standard InChI is InChI=1S/C21H18F3N3O7/c22-21(23,24)20(32)34-19(31)16(33-13-4-2-1-3-5-13)14(28)10-15(29)27-18(30)12-8-6-11(7-9-12)17(25)26/h1-9,15-16,29H,10H2,(H3,25,26)(H,27,30). The predicted molar refractivity (Wildman–Crippen MR) is 109 cm³/mol. The minimum absolute atomic E-state index is 0.0313. The first-order valence-corrected chi connectivity index (χ1v) is 9.39. The van der Waals surface area contributed by atoms with Gasteiger partial charge < -0.3 is 25.6 Å². The number of nitrogens with one attached hydrogen (secondary N) is 2. The monoisotopic (exact) mass is 481 g/mol. The van der Waals surface area contributed by atoms with E-state index in [1.54, 1.807) is 6.07 Å². The number of para-hydroxylation sites is 1. The number of hydrogen-bond donors (Lipinski definition) is 4. The van der Waals surface area contributed by atoms with Crippen LogP contribution in [0.25, 0.3) is 0 Å². The predicted octanol–water partition coefficient (Wildman–Crippen LogP) is 1.06. The third-order valence-corrected chi connectivity index (χ3v) is 4.08. The summed E-state index contributed by atoms with van der Waals surface area (Å²) in [4.78, 5) is 47.8. The van der Waals surface area contributed by atoms with Crippen molar-refractivity contribution in [3.8, 4) is 5.75 Å². The Labute approximate surface area is 190 Å². The van der Waals surface area contributed by atoms with Gasteiger partial charge >= 0.3 is 18.1 Å². The number of ketones is 1. The van der Waals surface area contributed by atoms with E-state index in [-0.39, 0.29) is 17.1 Å². The summed E-state index contributed by atoms with van der Waals surface area (Å²) in [5, 5.41) is 19.4. The van der Waals surface area contributed by atoms with Crippen LogP contribution in [-0.4, -0.2) is 53.1 Å². The minimum atomic E-state index is -5.50. The van der Waals surface area contributed by atoms with Crippen LogP contribution in [0.1, 0.15) is 22.3 Å². The van der Waals surface area contributed by atoms with Crippen LogP contribution in [0.2, 0.25) is 0 Å². The number of hydrogen-bond acceptors (Lipinski definition) is 8. The summed E-state index contributed by atoms with van der Waals surface area (Å²) in [6.07, 6.45) is -10.7. The van der Waals surface area contributed by atoms with Gasteiger partial charge in [0.15, 0.2) is 5.78 Å². The quantitative estimate of drug-likeness (QED) is 0.135. The molecule has 0 spiro atoms. The highest BCUT2D eigenvalue weighted by Crippen LogP contribution is 2.19. The van der Waals surface area contributed by atoms with Crippen LogP contribution in [0, 0.1) is 5.41 Å². The van der Waals surface area contributed by atoms with Gasteiger partial charge in [-0.25, -0.2) is 9.59 Å². The normalized spacial score (nSPS) is 12.7.